The molecule has 0 amide bonds. The minimum Gasteiger partial charge on any atom is -0.256 e. The maximum Gasteiger partial charge on any atom is 0.0690 e. The molecule has 0 fully saturated rings. The second-order valence-electron chi connectivity index (χ2n) is 3.57. The summed E-state index contributed by atoms with van der Waals surface area (Å²) in [5.41, 5.74) is 3.72. The van der Waals surface area contributed by atoms with Crippen LogP contribution in [-0.4, -0.2) is 4.98 Å². The molecule has 0 radical (unpaired) electrons. The Morgan fingerprint density at radius 2 is 1.93 bits per heavy atom. The van der Waals surface area contributed by atoms with E-state index in [1.807, 2.05) is 26.1 Å². The van der Waals surface area contributed by atoms with E-state index in [2.05, 4.69) is 44.8 Å². The van der Waals surface area contributed by atoms with Gasteiger partial charge in [-0.2, -0.15) is 0 Å². The van der Waals surface area contributed by atoms with E-state index in [1.165, 1.54) is 11.1 Å². The van der Waals surface area contributed by atoms with Gasteiger partial charge in [-0.05, 0) is 37.0 Å². The smallest absolute Gasteiger partial charge is 0.0690 e. The van der Waals surface area contributed by atoms with Crippen LogP contribution >= 0.6 is 0 Å². The van der Waals surface area contributed by atoms with E-state index in [4.69, 9.17) is 0 Å². The molecular formula is C14H23N. The number of rotatable bonds is 2. The molecular weight excluding hydrogens is 182 g/mol. The first kappa shape index (κ1) is 13.9. The maximum atomic E-state index is 4.40. The SMILES string of the molecule is C/C=C(\c1ncccc1C)C(C)C.CC. The zero-order chi connectivity index (χ0) is 11.8. The molecule has 0 aliphatic rings. The standard InChI is InChI=1S/C12H17N.C2H6/c1-5-11(9(2)3)12-10(4)7-6-8-13-12;1-2/h5-9H,1-4H3;1-2H3/b11-5-;. The molecule has 0 aliphatic heterocycles. The second-order valence-corrected chi connectivity index (χ2v) is 3.57. The molecule has 0 atom stereocenters. The number of nitrogens with zero attached hydrogens (tertiary/aromatic N) is 1. The lowest BCUT2D eigenvalue weighted by molar-refractivity contribution is 0.845. The predicted octanol–water partition coefficient (Wildman–Crippen LogP) is 4.48. The highest BCUT2D eigenvalue weighted by atomic mass is 14.7. The van der Waals surface area contributed by atoms with Gasteiger partial charge in [-0.25, -0.2) is 0 Å². The lowest BCUT2D eigenvalue weighted by Crippen LogP contribution is -1.98. The summed E-state index contributed by atoms with van der Waals surface area (Å²) in [5, 5.41) is 0. The summed E-state index contributed by atoms with van der Waals surface area (Å²) in [5.74, 6) is 0.540. The van der Waals surface area contributed by atoms with E-state index in [1.54, 1.807) is 0 Å². The van der Waals surface area contributed by atoms with Crippen molar-refractivity contribution in [3.05, 3.63) is 35.7 Å². The van der Waals surface area contributed by atoms with Crippen molar-refractivity contribution in [1.82, 2.24) is 4.98 Å². The van der Waals surface area contributed by atoms with Gasteiger partial charge in [-0.3, -0.25) is 4.98 Å². The third kappa shape index (κ3) is 3.86. The van der Waals surface area contributed by atoms with E-state index in [0.717, 1.165) is 5.69 Å². The van der Waals surface area contributed by atoms with E-state index in [-0.39, 0.29) is 0 Å². The molecule has 0 unspecified atom stereocenters. The summed E-state index contributed by atoms with van der Waals surface area (Å²) >= 11 is 0. The molecule has 1 aromatic rings. The van der Waals surface area contributed by atoms with E-state index < -0.39 is 0 Å². The maximum absolute atomic E-state index is 4.40. The number of hydrogen-bond donors (Lipinski definition) is 0. The van der Waals surface area contributed by atoms with Gasteiger partial charge in [0.15, 0.2) is 0 Å². The third-order valence-electron chi connectivity index (χ3n) is 2.22. The lowest BCUT2D eigenvalue weighted by atomic mass is 9.97. The lowest BCUT2D eigenvalue weighted by Gasteiger charge is -2.12. The highest BCUT2D eigenvalue weighted by molar-refractivity contribution is 5.65. The van der Waals surface area contributed by atoms with E-state index >= 15 is 0 Å². The topological polar surface area (TPSA) is 12.9 Å². The van der Waals surface area contributed by atoms with Crippen molar-refractivity contribution in [3.63, 3.8) is 0 Å². The van der Waals surface area contributed by atoms with Crippen LogP contribution in [0.5, 0.6) is 0 Å². The predicted molar refractivity (Wildman–Crippen MR) is 68.8 cm³/mol. The van der Waals surface area contributed by atoms with Gasteiger partial charge < -0.3 is 0 Å². The van der Waals surface area contributed by atoms with Crippen LogP contribution in [0.25, 0.3) is 5.57 Å². The summed E-state index contributed by atoms with van der Waals surface area (Å²) in [4.78, 5) is 4.40. The van der Waals surface area contributed by atoms with E-state index in [0.29, 0.717) is 5.92 Å². The molecule has 0 bridgehead atoms. The van der Waals surface area contributed by atoms with Crippen molar-refractivity contribution < 1.29 is 0 Å². The minimum absolute atomic E-state index is 0.540. The number of pyridine rings is 1. The Morgan fingerprint density at radius 1 is 1.33 bits per heavy atom. The first-order valence-corrected chi connectivity index (χ1v) is 5.75. The number of aryl methyl sites for hydroxylation is 1. The molecule has 0 spiro atoms. The van der Waals surface area contributed by atoms with Crippen molar-refractivity contribution in [2.75, 3.05) is 0 Å². The molecule has 1 rings (SSSR count). The van der Waals surface area contributed by atoms with Crippen molar-refractivity contribution in [2.45, 2.75) is 41.5 Å². The normalized spacial score (nSPS) is 11.0. The number of allylic oxidation sites excluding steroid dienone is 2. The Hall–Kier alpha value is -1.11. The molecule has 0 saturated carbocycles. The van der Waals surface area contributed by atoms with Gasteiger partial charge in [0.25, 0.3) is 0 Å². The van der Waals surface area contributed by atoms with Crippen LogP contribution in [0.4, 0.5) is 0 Å². The molecule has 84 valence electrons. The molecule has 1 heteroatoms. The Morgan fingerprint density at radius 3 is 2.33 bits per heavy atom. The molecule has 15 heavy (non-hydrogen) atoms. The number of aromatic nitrogens is 1. The van der Waals surface area contributed by atoms with Gasteiger partial charge >= 0.3 is 0 Å². The van der Waals surface area contributed by atoms with Crippen LogP contribution < -0.4 is 0 Å². The van der Waals surface area contributed by atoms with Crippen molar-refractivity contribution in [2.24, 2.45) is 5.92 Å². The van der Waals surface area contributed by atoms with Gasteiger partial charge in [0.2, 0.25) is 0 Å². The van der Waals surface area contributed by atoms with Gasteiger partial charge in [-0.1, -0.05) is 39.8 Å². The van der Waals surface area contributed by atoms with Crippen LogP contribution in [0.2, 0.25) is 0 Å². The fourth-order valence-electron chi connectivity index (χ4n) is 1.53. The quantitative estimate of drug-likeness (QED) is 0.694. The van der Waals surface area contributed by atoms with Gasteiger partial charge in [0.05, 0.1) is 5.69 Å². The Labute approximate surface area is 94.3 Å². The third-order valence-corrected chi connectivity index (χ3v) is 2.22. The number of hydrogen-bond acceptors (Lipinski definition) is 1. The highest BCUT2D eigenvalue weighted by Crippen LogP contribution is 2.23. The van der Waals surface area contributed by atoms with Crippen molar-refractivity contribution in [1.29, 1.82) is 0 Å². The Balaban J connectivity index is 0.000000921. The fraction of sp³-hybridized carbons (Fsp3) is 0.500. The fourth-order valence-corrected chi connectivity index (χ4v) is 1.53. The summed E-state index contributed by atoms with van der Waals surface area (Å²) in [6, 6.07) is 4.08. The molecule has 1 aromatic heterocycles. The van der Waals surface area contributed by atoms with Crippen LogP contribution in [0, 0.1) is 12.8 Å². The second kappa shape index (κ2) is 7.22. The molecule has 0 aromatic carbocycles. The largest absolute Gasteiger partial charge is 0.256 e. The average Bonchev–Trinajstić information content (AvgIpc) is 2.24. The summed E-state index contributed by atoms with van der Waals surface area (Å²) in [6.07, 6.45) is 4.01. The molecule has 0 saturated heterocycles. The molecule has 1 heterocycles. The Bertz CT molecular complexity index is 311. The zero-order valence-electron chi connectivity index (χ0n) is 10.8. The first-order valence-electron chi connectivity index (χ1n) is 5.75. The molecule has 1 nitrogen and oxygen atoms in total. The van der Waals surface area contributed by atoms with Gasteiger partial charge in [-0.15, -0.1) is 0 Å². The average molecular weight is 205 g/mol. The van der Waals surface area contributed by atoms with Gasteiger partial charge in [0.1, 0.15) is 0 Å². The van der Waals surface area contributed by atoms with Crippen molar-refractivity contribution >= 4 is 5.57 Å². The highest BCUT2D eigenvalue weighted by Gasteiger charge is 2.08. The van der Waals surface area contributed by atoms with Crippen LogP contribution in [0.1, 0.15) is 45.9 Å². The minimum atomic E-state index is 0.540. The van der Waals surface area contributed by atoms with Crippen molar-refractivity contribution in [3.8, 4) is 0 Å². The van der Waals surface area contributed by atoms with Crippen LogP contribution in [-0.2, 0) is 0 Å². The summed E-state index contributed by atoms with van der Waals surface area (Å²) in [6.45, 7) is 12.6. The molecule has 0 N–H and O–H groups in total. The summed E-state index contributed by atoms with van der Waals surface area (Å²) in [7, 11) is 0. The van der Waals surface area contributed by atoms with E-state index in [9.17, 15) is 0 Å². The first-order chi connectivity index (χ1) is 7.16. The molecule has 0 aliphatic carbocycles. The zero-order valence-corrected chi connectivity index (χ0v) is 10.8. The summed E-state index contributed by atoms with van der Waals surface area (Å²) < 4.78 is 0. The van der Waals surface area contributed by atoms with Gasteiger partial charge in [0, 0.05) is 6.20 Å². The monoisotopic (exact) mass is 205 g/mol. The Kier molecular flexibility index (Phi) is 6.68. The van der Waals surface area contributed by atoms with Crippen LogP contribution in [0.15, 0.2) is 24.4 Å². The van der Waals surface area contributed by atoms with Crippen LogP contribution in [0.3, 0.4) is 0 Å².